The van der Waals surface area contributed by atoms with E-state index in [4.69, 9.17) is 21.4 Å². The van der Waals surface area contributed by atoms with E-state index >= 15 is 0 Å². The third-order valence-corrected chi connectivity index (χ3v) is 7.72. The van der Waals surface area contributed by atoms with Crippen molar-refractivity contribution in [2.75, 3.05) is 0 Å². The minimum atomic E-state index is -5.41. The van der Waals surface area contributed by atoms with E-state index in [0.29, 0.717) is 16.8 Å². The van der Waals surface area contributed by atoms with Crippen LogP contribution in [0, 0.1) is 0 Å². The normalized spacial score (nSPS) is 14.8. The van der Waals surface area contributed by atoms with Crippen LogP contribution in [0.1, 0.15) is 0 Å². The van der Waals surface area contributed by atoms with E-state index < -0.39 is 20.6 Å². The van der Waals surface area contributed by atoms with Gasteiger partial charge in [0.05, 0.1) is 0 Å². The van der Waals surface area contributed by atoms with Crippen molar-refractivity contribution in [2.24, 2.45) is 0 Å². The molecule has 1 unspecified atom stereocenters. The lowest BCUT2D eigenvalue weighted by Gasteiger charge is -2.47. The van der Waals surface area contributed by atoms with Crippen LogP contribution in [0.4, 0.5) is 0 Å². The average molecular weight is 317 g/mol. The van der Waals surface area contributed by atoms with Gasteiger partial charge in [-0.1, -0.05) is 11.6 Å². The Bertz CT molecular complexity index is 361. The minimum Gasteiger partial charge on any atom is -0.684 e. The van der Waals surface area contributed by atoms with E-state index in [1.807, 2.05) is 0 Å². The molecular formula is C7H7ClO6P2S-2. The highest BCUT2D eigenvalue weighted by Crippen LogP contribution is 2.66. The number of thioether (sulfide) groups is 1. The molecule has 0 aliphatic heterocycles. The molecule has 0 saturated carbocycles. The zero-order chi connectivity index (χ0) is 13.3. The number of benzene rings is 1. The lowest BCUT2D eigenvalue weighted by atomic mass is 10.4. The van der Waals surface area contributed by atoms with Crippen molar-refractivity contribution >= 4 is 39.2 Å². The van der Waals surface area contributed by atoms with E-state index in [-0.39, 0.29) is 4.90 Å². The van der Waals surface area contributed by atoms with Crippen LogP contribution < -0.4 is 19.6 Å². The van der Waals surface area contributed by atoms with Crippen LogP contribution in [0.15, 0.2) is 29.2 Å². The SMILES string of the molecule is [O-][P+]([O-])([O-])C(Sc1ccc(Cl)cc1)[P+]([O-])(O)O. The number of halogens is 1. The van der Waals surface area contributed by atoms with Gasteiger partial charge in [0.2, 0.25) is 4.73 Å². The summed E-state index contributed by atoms with van der Waals surface area (Å²) in [5.74, 6) is 0. The van der Waals surface area contributed by atoms with Gasteiger partial charge in [0.25, 0.3) is 7.94 Å². The second-order valence-electron chi connectivity index (χ2n) is 3.03. The predicted octanol–water partition coefficient (Wildman–Crippen LogP) is -1.33. The Kier molecular flexibility index (Phi) is 5.15. The maximum atomic E-state index is 10.9. The van der Waals surface area contributed by atoms with Crippen LogP contribution in [0.5, 0.6) is 0 Å². The smallest absolute Gasteiger partial charge is 0.280 e. The van der Waals surface area contributed by atoms with Crippen LogP contribution in [-0.2, 0) is 0 Å². The van der Waals surface area contributed by atoms with E-state index in [1.165, 1.54) is 24.3 Å². The van der Waals surface area contributed by atoms with Gasteiger partial charge in [0.15, 0.2) is 0 Å². The fourth-order valence-corrected chi connectivity index (χ4v) is 4.88. The monoisotopic (exact) mass is 316 g/mol. The molecule has 0 spiro atoms. The molecule has 0 aromatic heterocycles. The first-order chi connectivity index (χ1) is 7.60. The maximum Gasteiger partial charge on any atom is 0.280 e. The fraction of sp³-hybridized carbons (Fsp3) is 0.143. The van der Waals surface area contributed by atoms with Gasteiger partial charge in [0, 0.05) is 9.92 Å². The van der Waals surface area contributed by atoms with Crippen molar-refractivity contribution in [3.8, 4) is 0 Å². The molecule has 1 aromatic rings. The highest BCUT2D eigenvalue weighted by atomic mass is 35.5. The van der Waals surface area contributed by atoms with E-state index in [9.17, 15) is 19.6 Å². The zero-order valence-electron chi connectivity index (χ0n) is 8.09. The van der Waals surface area contributed by atoms with Crippen molar-refractivity contribution in [3.05, 3.63) is 29.3 Å². The van der Waals surface area contributed by atoms with Crippen LogP contribution >= 0.6 is 39.2 Å². The molecule has 17 heavy (non-hydrogen) atoms. The third-order valence-electron chi connectivity index (χ3n) is 1.61. The molecule has 10 heteroatoms. The molecule has 2 N–H and O–H groups in total. The largest absolute Gasteiger partial charge is 0.684 e. The lowest BCUT2D eigenvalue weighted by molar-refractivity contribution is -0.427. The average Bonchev–Trinajstić information content (AvgIpc) is 2.13. The van der Waals surface area contributed by atoms with Crippen molar-refractivity contribution in [2.45, 2.75) is 9.63 Å². The molecule has 0 bridgehead atoms. The molecule has 0 radical (unpaired) electrons. The van der Waals surface area contributed by atoms with Gasteiger partial charge in [-0.25, -0.2) is 9.79 Å². The van der Waals surface area contributed by atoms with Crippen molar-refractivity contribution < 1.29 is 29.4 Å². The first-order valence-electron chi connectivity index (χ1n) is 4.10. The van der Waals surface area contributed by atoms with Crippen LogP contribution in [0.3, 0.4) is 0 Å². The Morgan fingerprint density at radius 1 is 1.06 bits per heavy atom. The zero-order valence-corrected chi connectivity index (χ0v) is 11.5. The van der Waals surface area contributed by atoms with Gasteiger partial charge >= 0.3 is 0 Å². The Morgan fingerprint density at radius 2 is 1.53 bits per heavy atom. The summed E-state index contributed by atoms with van der Waals surface area (Å²) in [6.45, 7) is 0. The fourth-order valence-electron chi connectivity index (χ4n) is 0.952. The predicted molar refractivity (Wildman–Crippen MR) is 59.4 cm³/mol. The van der Waals surface area contributed by atoms with Gasteiger partial charge in [0.1, 0.15) is 0 Å². The quantitative estimate of drug-likeness (QED) is 0.519. The van der Waals surface area contributed by atoms with Gasteiger partial charge in [-0.15, -0.1) is 7.94 Å². The van der Waals surface area contributed by atoms with E-state index in [1.54, 1.807) is 0 Å². The van der Waals surface area contributed by atoms with Gasteiger partial charge in [-0.05, 0) is 36.0 Å². The molecule has 1 atom stereocenters. The van der Waals surface area contributed by atoms with Crippen LogP contribution in [0.25, 0.3) is 0 Å². The summed E-state index contributed by atoms with van der Waals surface area (Å²) in [5, 5.41) is 0.384. The van der Waals surface area contributed by atoms with Crippen molar-refractivity contribution in [3.63, 3.8) is 0 Å². The molecule has 0 fully saturated rings. The molecule has 0 amide bonds. The number of hydrogen-bond acceptors (Lipinski definition) is 7. The molecule has 0 saturated heterocycles. The third kappa shape index (κ3) is 4.93. The van der Waals surface area contributed by atoms with Gasteiger partial charge in [-0.3, -0.25) is 0 Å². The molecule has 0 aliphatic carbocycles. The number of rotatable bonds is 4. The first-order valence-corrected chi connectivity index (χ1v) is 8.65. The van der Waals surface area contributed by atoms with Crippen LogP contribution in [0.2, 0.25) is 5.02 Å². The topological polar surface area (TPSA) is 133 Å². The molecule has 1 aromatic carbocycles. The number of hydrogen-bond donors (Lipinski definition) is 2. The minimum absolute atomic E-state index is 0.231. The molecular weight excluding hydrogens is 310 g/mol. The highest BCUT2D eigenvalue weighted by molar-refractivity contribution is 8.13. The Balaban J connectivity index is 2.92. The summed E-state index contributed by atoms with van der Waals surface area (Å²) in [6, 6.07) is 5.57. The maximum absolute atomic E-state index is 10.9. The molecule has 1 rings (SSSR count). The molecule has 0 heterocycles. The van der Waals surface area contributed by atoms with Crippen molar-refractivity contribution in [1.82, 2.24) is 0 Å². The summed E-state index contributed by atoms with van der Waals surface area (Å²) < 4.78 is -2.32. The molecule has 6 nitrogen and oxygen atoms in total. The Morgan fingerprint density at radius 3 is 1.88 bits per heavy atom. The lowest BCUT2D eigenvalue weighted by Crippen LogP contribution is -2.42. The summed E-state index contributed by atoms with van der Waals surface area (Å²) in [7, 11) is -10.4. The molecule has 96 valence electrons. The highest BCUT2D eigenvalue weighted by Gasteiger charge is 2.41. The first kappa shape index (κ1) is 15.5. The van der Waals surface area contributed by atoms with Gasteiger partial charge < -0.3 is 19.6 Å². The summed E-state index contributed by atoms with van der Waals surface area (Å²) in [5.41, 5.74) is 0. The second kappa shape index (κ2) is 5.63. The van der Waals surface area contributed by atoms with Crippen LogP contribution in [-0.4, -0.2) is 14.5 Å². The van der Waals surface area contributed by atoms with E-state index in [2.05, 4.69) is 0 Å². The summed E-state index contributed by atoms with van der Waals surface area (Å²) >= 11 is 5.89. The summed E-state index contributed by atoms with van der Waals surface area (Å²) in [4.78, 5) is 61.1. The van der Waals surface area contributed by atoms with Gasteiger partial charge in [-0.2, -0.15) is 0 Å². The molecule has 0 aliphatic rings. The Hall–Kier alpha value is 0.480. The standard InChI is InChI=1S/C7H9ClO6P2S/c8-5-1-3-6(4-2-5)17-7(15(9,10)11)16(12,13)14/h1-4,7H,(H2,9,10,11)(H2,12,13,14)/p-2. The second-order valence-corrected chi connectivity index (χ2v) is 9.04. The van der Waals surface area contributed by atoms with E-state index in [0.717, 1.165) is 0 Å². The van der Waals surface area contributed by atoms with Crippen molar-refractivity contribution in [1.29, 1.82) is 0 Å². The summed E-state index contributed by atoms with van der Waals surface area (Å²) in [6.07, 6.45) is 0. The Labute approximate surface area is 108 Å².